The van der Waals surface area contributed by atoms with E-state index in [0.29, 0.717) is 5.56 Å². The smallest absolute Gasteiger partial charge is 0.0422 e. The molecular formula is C9H10N3-. The molecule has 0 unspecified atom stereocenters. The molecule has 0 aliphatic rings. The van der Waals surface area contributed by atoms with Gasteiger partial charge in [0.1, 0.15) is 0 Å². The van der Waals surface area contributed by atoms with E-state index in [9.17, 15) is 0 Å². The lowest BCUT2D eigenvalue weighted by atomic mass is 10.1. The third-order valence-electron chi connectivity index (χ3n) is 1.54. The second-order valence-corrected chi connectivity index (χ2v) is 2.39. The van der Waals surface area contributed by atoms with Crippen LogP contribution >= 0.6 is 0 Å². The summed E-state index contributed by atoms with van der Waals surface area (Å²) in [5.74, 6) is 0. The van der Waals surface area contributed by atoms with E-state index in [-0.39, 0.29) is 18.0 Å². The van der Waals surface area contributed by atoms with Crippen LogP contribution in [0.3, 0.4) is 0 Å². The fraction of sp³-hybridized carbons (Fsp3) is 0.111. The lowest BCUT2D eigenvalue weighted by Gasteiger charge is -2.10. The van der Waals surface area contributed by atoms with E-state index in [2.05, 4.69) is 0 Å². The number of nitrogens with one attached hydrogen (secondary N) is 1. The number of nitrogens with zero attached hydrogens (tertiary/aromatic N) is 1. The average Bonchev–Trinajstić information content (AvgIpc) is 2.17. The van der Waals surface area contributed by atoms with Crippen molar-refractivity contribution in [2.75, 3.05) is 6.54 Å². The van der Waals surface area contributed by atoms with Gasteiger partial charge in [0.15, 0.2) is 0 Å². The first-order chi connectivity index (χ1) is 5.75. The maximum Gasteiger partial charge on any atom is 0.0422 e. The summed E-state index contributed by atoms with van der Waals surface area (Å²) in [7, 11) is 0. The van der Waals surface area contributed by atoms with Crippen LogP contribution in [0.15, 0.2) is 30.3 Å². The summed E-state index contributed by atoms with van der Waals surface area (Å²) in [5.41, 5.74) is 5.88. The monoisotopic (exact) mass is 160 g/mol. The second-order valence-electron chi connectivity index (χ2n) is 2.39. The minimum Gasteiger partial charge on any atom is -0.805 e. The molecule has 3 nitrogen and oxygen atoms in total. The minimum atomic E-state index is -0.0822. The fourth-order valence-corrected chi connectivity index (χ4v) is 0.873. The van der Waals surface area contributed by atoms with Gasteiger partial charge in [0.05, 0.1) is 0 Å². The average molecular weight is 160 g/mol. The Morgan fingerprint density at radius 1 is 1.33 bits per heavy atom. The number of rotatable bonds is 3. The first-order valence-electron chi connectivity index (χ1n) is 3.65. The Labute approximate surface area is 71.2 Å². The highest BCUT2D eigenvalue weighted by Gasteiger charge is 1.97. The minimum absolute atomic E-state index is 0.00767. The Morgan fingerprint density at radius 3 is 2.42 bits per heavy atom. The van der Waals surface area contributed by atoms with Gasteiger partial charge in [-0.25, -0.2) is 0 Å². The molecule has 0 amide bonds. The third kappa shape index (κ3) is 1.77. The molecule has 3 N–H and O–H groups in total. The van der Waals surface area contributed by atoms with Crippen LogP contribution in [0.4, 0.5) is 0 Å². The molecule has 1 aromatic carbocycles. The number of hydrogen-bond acceptors (Lipinski definition) is 2. The standard InChI is InChI=1S/C9H10N3/c10-6-8(11)9(12)7-4-2-1-3-5-7/h1-5,12H,6,10H2/q-1. The molecule has 0 atom stereocenters. The van der Waals surface area contributed by atoms with Gasteiger partial charge >= 0.3 is 0 Å². The van der Waals surface area contributed by atoms with E-state index < -0.39 is 0 Å². The quantitative estimate of drug-likeness (QED) is 0.637. The van der Waals surface area contributed by atoms with E-state index >= 15 is 0 Å². The highest BCUT2D eigenvalue weighted by atomic mass is 14.6. The molecule has 0 fully saturated rings. The summed E-state index contributed by atoms with van der Waals surface area (Å²) in [5, 5.41) is 16.6. The molecule has 1 rings (SSSR count). The van der Waals surface area contributed by atoms with Gasteiger partial charge < -0.3 is 16.6 Å². The predicted molar refractivity (Wildman–Crippen MR) is 50.7 cm³/mol. The summed E-state index contributed by atoms with van der Waals surface area (Å²) >= 11 is 0. The van der Waals surface area contributed by atoms with Crippen molar-refractivity contribution in [3.05, 3.63) is 41.3 Å². The van der Waals surface area contributed by atoms with Crippen molar-refractivity contribution in [1.82, 2.24) is 0 Å². The van der Waals surface area contributed by atoms with Crippen LogP contribution in [0.5, 0.6) is 0 Å². The lowest BCUT2D eigenvalue weighted by Crippen LogP contribution is -2.21. The molecule has 0 aromatic heterocycles. The van der Waals surface area contributed by atoms with Gasteiger partial charge in [-0.3, -0.25) is 0 Å². The van der Waals surface area contributed by atoms with Crippen molar-refractivity contribution in [3.8, 4) is 0 Å². The first kappa shape index (κ1) is 8.62. The van der Waals surface area contributed by atoms with Crippen LogP contribution < -0.4 is 5.73 Å². The van der Waals surface area contributed by atoms with Crippen LogP contribution in [0, 0.1) is 5.41 Å². The molecule has 0 heterocycles. The SMILES string of the molecule is [N-]=C(CN)C(=N)c1ccccc1. The van der Waals surface area contributed by atoms with Gasteiger partial charge in [-0.2, -0.15) is 0 Å². The van der Waals surface area contributed by atoms with Crippen LogP contribution in [-0.4, -0.2) is 18.0 Å². The Bertz CT molecular complexity index is 290. The van der Waals surface area contributed by atoms with Crippen molar-refractivity contribution in [2.24, 2.45) is 5.73 Å². The number of benzene rings is 1. The Kier molecular flexibility index (Phi) is 2.71. The van der Waals surface area contributed by atoms with Crippen molar-refractivity contribution in [1.29, 1.82) is 5.41 Å². The van der Waals surface area contributed by atoms with Gasteiger partial charge in [-0.05, 0) is 12.1 Å². The molecule has 0 spiro atoms. The maximum atomic E-state index is 9.15. The molecule has 0 bridgehead atoms. The zero-order chi connectivity index (χ0) is 8.97. The second kappa shape index (κ2) is 3.78. The highest BCUT2D eigenvalue weighted by molar-refractivity contribution is 6.48. The van der Waals surface area contributed by atoms with Gasteiger partial charge in [0, 0.05) is 5.71 Å². The number of nitrogens with two attached hydrogens (primary N) is 1. The summed E-state index contributed by atoms with van der Waals surface area (Å²) in [6, 6.07) is 9.00. The van der Waals surface area contributed by atoms with Crippen molar-refractivity contribution in [3.63, 3.8) is 0 Å². The van der Waals surface area contributed by atoms with Gasteiger partial charge in [0.2, 0.25) is 0 Å². The van der Waals surface area contributed by atoms with Crippen molar-refractivity contribution in [2.45, 2.75) is 0 Å². The van der Waals surface area contributed by atoms with Crippen LogP contribution in [0.25, 0.3) is 5.41 Å². The molecule has 62 valence electrons. The molecule has 0 aliphatic carbocycles. The fourth-order valence-electron chi connectivity index (χ4n) is 0.873. The molecule has 1 aromatic rings. The highest BCUT2D eigenvalue weighted by Crippen LogP contribution is 2.00. The third-order valence-corrected chi connectivity index (χ3v) is 1.54. The van der Waals surface area contributed by atoms with E-state index in [4.69, 9.17) is 16.6 Å². The molecule has 0 saturated carbocycles. The summed E-state index contributed by atoms with van der Waals surface area (Å²) in [4.78, 5) is 0. The first-order valence-corrected chi connectivity index (χ1v) is 3.65. The zero-order valence-electron chi connectivity index (χ0n) is 6.62. The van der Waals surface area contributed by atoms with Gasteiger partial charge in [0.25, 0.3) is 0 Å². The predicted octanol–water partition coefficient (Wildman–Crippen LogP) is 1.02. The normalized spacial score (nSPS) is 9.42. The summed E-state index contributed by atoms with van der Waals surface area (Å²) < 4.78 is 0. The molecular weight excluding hydrogens is 150 g/mol. The van der Waals surface area contributed by atoms with Crippen molar-refractivity contribution < 1.29 is 0 Å². The zero-order valence-corrected chi connectivity index (χ0v) is 6.62. The Morgan fingerprint density at radius 2 is 1.92 bits per heavy atom. The molecule has 0 radical (unpaired) electrons. The van der Waals surface area contributed by atoms with E-state index in [1.54, 1.807) is 12.1 Å². The molecule has 12 heavy (non-hydrogen) atoms. The van der Waals surface area contributed by atoms with E-state index in [0.717, 1.165) is 0 Å². The molecule has 3 heteroatoms. The molecule has 0 saturated heterocycles. The Balaban J connectivity index is 2.86. The van der Waals surface area contributed by atoms with Crippen LogP contribution in [0.1, 0.15) is 5.56 Å². The lowest BCUT2D eigenvalue weighted by molar-refractivity contribution is 1.33. The number of hydrogen-bond donors (Lipinski definition) is 2. The summed E-state index contributed by atoms with van der Waals surface area (Å²) in [6.07, 6.45) is 0. The summed E-state index contributed by atoms with van der Waals surface area (Å²) in [6.45, 7) is 0.00767. The van der Waals surface area contributed by atoms with Crippen LogP contribution in [0.2, 0.25) is 0 Å². The molecule has 0 aliphatic heterocycles. The Hall–Kier alpha value is -1.48. The largest absolute Gasteiger partial charge is 0.805 e. The van der Waals surface area contributed by atoms with Gasteiger partial charge in [-0.15, -0.1) is 5.71 Å². The van der Waals surface area contributed by atoms with E-state index in [1.807, 2.05) is 18.2 Å². The van der Waals surface area contributed by atoms with Crippen LogP contribution in [-0.2, 0) is 0 Å². The maximum absolute atomic E-state index is 9.15. The van der Waals surface area contributed by atoms with E-state index in [1.165, 1.54) is 0 Å². The van der Waals surface area contributed by atoms with Crippen molar-refractivity contribution >= 4 is 11.4 Å². The van der Waals surface area contributed by atoms with Gasteiger partial charge in [-0.1, -0.05) is 30.3 Å². The topological polar surface area (TPSA) is 72.2 Å².